The molecule has 3 aromatic rings. The van der Waals surface area contributed by atoms with E-state index in [-0.39, 0.29) is 23.3 Å². The number of nitro groups is 1. The summed E-state index contributed by atoms with van der Waals surface area (Å²) in [5, 5.41) is 14.8. The van der Waals surface area contributed by atoms with Gasteiger partial charge < -0.3 is 4.74 Å². The van der Waals surface area contributed by atoms with Gasteiger partial charge in [-0.2, -0.15) is 18.3 Å². The van der Waals surface area contributed by atoms with Crippen LogP contribution in [0, 0.1) is 10.1 Å². The lowest BCUT2D eigenvalue weighted by Crippen LogP contribution is -2.06. The van der Waals surface area contributed by atoms with Crippen molar-refractivity contribution in [2.75, 3.05) is 7.11 Å². The number of fused-ring (bicyclic) bond motifs is 1. The normalized spacial score (nSPS) is 11.6. The molecule has 0 aliphatic rings. The van der Waals surface area contributed by atoms with Crippen LogP contribution in [0.4, 0.5) is 18.9 Å². The van der Waals surface area contributed by atoms with Crippen molar-refractivity contribution in [1.82, 2.24) is 9.78 Å². The number of non-ortho nitro benzene ring substituents is 1. The van der Waals surface area contributed by atoms with Crippen molar-refractivity contribution in [3.05, 3.63) is 63.8 Å². The fourth-order valence-corrected chi connectivity index (χ4v) is 2.74. The second-order valence-electron chi connectivity index (χ2n) is 6.00. The number of hydrogen-bond acceptors (Lipinski definition) is 5. The predicted octanol–water partition coefficient (Wildman–Crippen LogP) is 4.06. The summed E-state index contributed by atoms with van der Waals surface area (Å²) in [6.45, 7) is 0. The first-order chi connectivity index (χ1) is 13.2. The van der Waals surface area contributed by atoms with Gasteiger partial charge in [-0.3, -0.25) is 14.9 Å². The van der Waals surface area contributed by atoms with Gasteiger partial charge in [-0.25, -0.2) is 4.68 Å². The fraction of sp³-hybridized carbons (Fsp3) is 0.222. The van der Waals surface area contributed by atoms with Gasteiger partial charge in [0, 0.05) is 30.1 Å². The van der Waals surface area contributed by atoms with E-state index >= 15 is 0 Å². The maximum absolute atomic E-state index is 13.3. The summed E-state index contributed by atoms with van der Waals surface area (Å²) < 4.78 is 45.7. The van der Waals surface area contributed by atoms with E-state index in [1.165, 1.54) is 18.0 Å². The largest absolute Gasteiger partial charge is 0.469 e. The van der Waals surface area contributed by atoms with E-state index in [1.54, 1.807) is 24.3 Å². The number of benzene rings is 2. The first-order valence-corrected chi connectivity index (χ1v) is 8.10. The minimum absolute atomic E-state index is 0.128. The molecule has 1 aromatic heterocycles. The minimum atomic E-state index is -4.75. The van der Waals surface area contributed by atoms with Gasteiger partial charge in [0.15, 0.2) is 0 Å². The van der Waals surface area contributed by atoms with Crippen molar-refractivity contribution in [1.29, 1.82) is 0 Å². The minimum Gasteiger partial charge on any atom is -0.469 e. The van der Waals surface area contributed by atoms with Crippen molar-refractivity contribution < 1.29 is 27.6 Å². The number of ether oxygens (including phenoxy) is 1. The second kappa shape index (κ2) is 7.29. The summed E-state index contributed by atoms with van der Waals surface area (Å²) in [6, 6.07) is 8.23. The van der Waals surface area contributed by atoms with Gasteiger partial charge in [0.05, 0.1) is 23.3 Å². The van der Waals surface area contributed by atoms with E-state index in [0.29, 0.717) is 18.2 Å². The molecule has 7 nitrogen and oxygen atoms in total. The lowest BCUT2D eigenvalue weighted by Gasteiger charge is -2.07. The standard InChI is InChI=1S/C18H14F3N3O4/c1-28-17(25)7-4-11-2-5-12(6-3-11)23-10-14-15(18(19,20)21)8-13(24(26)27)9-16(14)22-23/h2-3,5-6,8-10H,4,7H2,1H3. The highest BCUT2D eigenvalue weighted by atomic mass is 19.4. The molecule has 10 heteroatoms. The summed E-state index contributed by atoms with van der Waals surface area (Å²) in [6.07, 6.45) is -2.90. The highest BCUT2D eigenvalue weighted by Gasteiger charge is 2.35. The number of carbonyl (C=O) groups excluding carboxylic acids is 1. The average Bonchev–Trinajstić information content (AvgIpc) is 3.08. The monoisotopic (exact) mass is 393 g/mol. The molecule has 0 N–H and O–H groups in total. The average molecular weight is 393 g/mol. The molecule has 0 aliphatic carbocycles. The van der Waals surface area contributed by atoms with Crippen molar-refractivity contribution >= 4 is 22.6 Å². The molecule has 0 saturated carbocycles. The fourth-order valence-electron chi connectivity index (χ4n) is 2.74. The molecular weight excluding hydrogens is 379 g/mol. The van der Waals surface area contributed by atoms with Crippen LogP contribution in [0.1, 0.15) is 17.5 Å². The Balaban J connectivity index is 1.98. The van der Waals surface area contributed by atoms with E-state index in [0.717, 1.165) is 11.6 Å². The lowest BCUT2D eigenvalue weighted by molar-refractivity contribution is -0.385. The summed E-state index contributed by atoms with van der Waals surface area (Å²) in [7, 11) is 1.30. The Morgan fingerprint density at radius 1 is 1.25 bits per heavy atom. The molecule has 146 valence electrons. The van der Waals surface area contributed by atoms with Crippen LogP contribution >= 0.6 is 0 Å². The van der Waals surface area contributed by atoms with Crippen LogP contribution < -0.4 is 0 Å². The van der Waals surface area contributed by atoms with Gasteiger partial charge in [-0.1, -0.05) is 12.1 Å². The molecule has 2 aromatic carbocycles. The third kappa shape index (κ3) is 3.95. The number of nitro benzene ring substituents is 1. The first-order valence-electron chi connectivity index (χ1n) is 8.10. The molecule has 0 spiro atoms. The number of aryl methyl sites for hydroxylation is 1. The number of carbonyl (C=O) groups is 1. The van der Waals surface area contributed by atoms with Crippen molar-refractivity contribution in [2.24, 2.45) is 0 Å². The summed E-state index contributed by atoms with van der Waals surface area (Å²) in [5.74, 6) is -0.344. The summed E-state index contributed by atoms with van der Waals surface area (Å²) >= 11 is 0. The van der Waals surface area contributed by atoms with Crippen molar-refractivity contribution in [3.8, 4) is 5.69 Å². The number of methoxy groups -OCH3 is 1. The topological polar surface area (TPSA) is 87.3 Å². The van der Waals surface area contributed by atoms with Gasteiger partial charge in [0.25, 0.3) is 5.69 Å². The van der Waals surface area contributed by atoms with Crippen molar-refractivity contribution in [2.45, 2.75) is 19.0 Å². The number of nitrogens with zero attached hydrogens (tertiary/aromatic N) is 3. The van der Waals surface area contributed by atoms with E-state index in [2.05, 4.69) is 9.84 Å². The molecule has 0 atom stereocenters. The third-order valence-electron chi connectivity index (χ3n) is 4.17. The van der Waals surface area contributed by atoms with Crippen LogP contribution in [-0.4, -0.2) is 27.8 Å². The highest BCUT2D eigenvalue weighted by Crippen LogP contribution is 2.37. The Morgan fingerprint density at radius 3 is 2.50 bits per heavy atom. The zero-order valence-corrected chi connectivity index (χ0v) is 14.6. The predicted molar refractivity (Wildman–Crippen MR) is 93.1 cm³/mol. The lowest BCUT2D eigenvalue weighted by atomic mass is 10.1. The van der Waals surface area contributed by atoms with Gasteiger partial charge in [-0.15, -0.1) is 0 Å². The molecule has 0 fully saturated rings. The maximum Gasteiger partial charge on any atom is 0.417 e. The SMILES string of the molecule is COC(=O)CCc1ccc(-n2cc3c(C(F)(F)F)cc([N+](=O)[O-])cc3n2)cc1. The van der Waals surface area contributed by atoms with E-state index in [4.69, 9.17) is 0 Å². The Hall–Kier alpha value is -3.43. The van der Waals surface area contributed by atoms with Gasteiger partial charge in [0.2, 0.25) is 0 Å². The number of halogens is 3. The number of rotatable bonds is 5. The Kier molecular flexibility index (Phi) is 5.04. The van der Waals surface area contributed by atoms with E-state index < -0.39 is 22.4 Å². The molecule has 0 amide bonds. The second-order valence-corrected chi connectivity index (χ2v) is 6.00. The Morgan fingerprint density at radius 2 is 1.93 bits per heavy atom. The smallest absolute Gasteiger partial charge is 0.417 e. The van der Waals surface area contributed by atoms with Crippen LogP contribution in [0.3, 0.4) is 0 Å². The molecular formula is C18H14F3N3O4. The zero-order valence-electron chi connectivity index (χ0n) is 14.6. The Bertz CT molecular complexity index is 1040. The van der Waals surface area contributed by atoms with E-state index in [1.807, 2.05) is 0 Å². The summed E-state index contributed by atoms with van der Waals surface area (Å²) in [4.78, 5) is 21.2. The number of esters is 1. The molecule has 0 bridgehead atoms. The van der Waals surface area contributed by atoms with Crippen molar-refractivity contribution in [3.63, 3.8) is 0 Å². The molecule has 0 saturated heterocycles. The zero-order chi connectivity index (χ0) is 20.5. The van der Waals surface area contributed by atoms with Gasteiger partial charge in [-0.05, 0) is 24.1 Å². The highest BCUT2D eigenvalue weighted by molar-refractivity contribution is 5.85. The van der Waals surface area contributed by atoms with Crippen LogP contribution in [0.25, 0.3) is 16.6 Å². The molecule has 0 aliphatic heterocycles. The molecule has 3 rings (SSSR count). The Labute approximate surface area is 156 Å². The van der Waals surface area contributed by atoms with Crippen LogP contribution in [0.15, 0.2) is 42.6 Å². The van der Waals surface area contributed by atoms with Crippen LogP contribution in [0.2, 0.25) is 0 Å². The quantitative estimate of drug-likeness (QED) is 0.371. The molecule has 0 unspecified atom stereocenters. The molecule has 0 radical (unpaired) electrons. The van der Waals surface area contributed by atoms with Crippen LogP contribution in [0.5, 0.6) is 0 Å². The molecule has 28 heavy (non-hydrogen) atoms. The molecule has 1 heterocycles. The number of aromatic nitrogens is 2. The van der Waals surface area contributed by atoms with Gasteiger partial charge >= 0.3 is 12.1 Å². The number of alkyl halides is 3. The first kappa shape index (κ1) is 19.3. The van der Waals surface area contributed by atoms with Crippen LogP contribution in [-0.2, 0) is 22.1 Å². The number of hydrogen-bond donors (Lipinski definition) is 0. The summed E-state index contributed by atoms with van der Waals surface area (Å²) in [5.41, 5.74) is -0.594. The van der Waals surface area contributed by atoms with Gasteiger partial charge in [0.1, 0.15) is 5.52 Å². The van der Waals surface area contributed by atoms with E-state index in [9.17, 15) is 28.1 Å². The third-order valence-corrected chi connectivity index (χ3v) is 4.17. The maximum atomic E-state index is 13.3.